The second-order valence-corrected chi connectivity index (χ2v) is 4.74. The Labute approximate surface area is 109 Å². The van der Waals surface area contributed by atoms with Crippen molar-refractivity contribution in [2.24, 2.45) is 5.73 Å². The molecule has 4 heteroatoms. The molecule has 0 heterocycles. The Kier molecular flexibility index (Phi) is 6.39. The van der Waals surface area contributed by atoms with Crippen molar-refractivity contribution in [3.8, 4) is 0 Å². The highest BCUT2D eigenvalue weighted by Crippen LogP contribution is 2.01. The SMILES string of the molecule is CN(C)CCCNC(=O)[C@H](N)Cc1ccccc1. The van der Waals surface area contributed by atoms with Crippen molar-refractivity contribution in [2.45, 2.75) is 18.9 Å². The van der Waals surface area contributed by atoms with Gasteiger partial charge < -0.3 is 16.0 Å². The molecule has 1 aromatic carbocycles. The van der Waals surface area contributed by atoms with E-state index in [-0.39, 0.29) is 5.91 Å². The average Bonchev–Trinajstić information content (AvgIpc) is 2.35. The van der Waals surface area contributed by atoms with Crippen molar-refractivity contribution >= 4 is 5.91 Å². The van der Waals surface area contributed by atoms with Gasteiger partial charge in [0.25, 0.3) is 0 Å². The molecule has 0 radical (unpaired) electrons. The lowest BCUT2D eigenvalue weighted by Crippen LogP contribution is -2.42. The average molecular weight is 249 g/mol. The second kappa shape index (κ2) is 7.84. The fourth-order valence-electron chi connectivity index (χ4n) is 1.70. The van der Waals surface area contributed by atoms with E-state index in [1.54, 1.807) is 0 Å². The van der Waals surface area contributed by atoms with E-state index in [2.05, 4.69) is 10.2 Å². The van der Waals surface area contributed by atoms with Crippen LogP contribution in [0.25, 0.3) is 0 Å². The van der Waals surface area contributed by atoms with Crippen molar-refractivity contribution in [3.05, 3.63) is 35.9 Å². The molecule has 0 fully saturated rings. The summed E-state index contributed by atoms with van der Waals surface area (Å²) in [5, 5.41) is 2.87. The predicted octanol–water partition coefficient (Wildman–Crippen LogP) is 0.624. The first-order chi connectivity index (χ1) is 8.59. The summed E-state index contributed by atoms with van der Waals surface area (Å²) < 4.78 is 0. The topological polar surface area (TPSA) is 58.4 Å². The van der Waals surface area contributed by atoms with Gasteiger partial charge in [-0.1, -0.05) is 30.3 Å². The molecule has 100 valence electrons. The lowest BCUT2D eigenvalue weighted by Gasteiger charge is -2.13. The fraction of sp³-hybridized carbons (Fsp3) is 0.500. The Bertz CT molecular complexity index is 351. The number of nitrogens with two attached hydrogens (primary N) is 1. The molecule has 1 rings (SSSR count). The van der Waals surface area contributed by atoms with Crippen LogP contribution in [0.4, 0.5) is 0 Å². The maximum absolute atomic E-state index is 11.7. The van der Waals surface area contributed by atoms with Crippen molar-refractivity contribution in [1.82, 2.24) is 10.2 Å². The summed E-state index contributed by atoms with van der Waals surface area (Å²) in [6.07, 6.45) is 1.52. The summed E-state index contributed by atoms with van der Waals surface area (Å²) in [4.78, 5) is 13.8. The number of rotatable bonds is 7. The van der Waals surface area contributed by atoms with Gasteiger partial charge in [-0.2, -0.15) is 0 Å². The molecule has 0 aromatic heterocycles. The zero-order valence-corrected chi connectivity index (χ0v) is 11.2. The number of nitrogens with zero attached hydrogens (tertiary/aromatic N) is 1. The molecule has 0 aliphatic heterocycles. The normalized spacial score (nSPS) is 12.4. The molecule has 4 nitrogen and oxygen atoms in total. The third-order valence-electron chi connectivity index (χ3n) is 2.72. The number of carbonyl (C=O) groups is 1. The summed E-state index contributed by atoms with van der Waals surface area (Å²) >= 11 is 0. The third kappa shape index (κ3) is 5.80. The minimum atomic E-state index is -0.466. The minimum absolute atomic E-state index is 0.0717. The van der Waals surface area contributed by atoms with Crippen LogP contribution in [0, 0.1) is 0 Å². The van der Waals surface area contributed by atoms with E-state index in [1.807, 2.05) is 44.4 Å². The first-order valence-corrected chi connectivity index (χ1v) is 6.31. The van der Waals surface area contributed by atoms with Gasteiger partial charge in [0.15, 0.2) is 0 Å². The molecule has 1 aromatic rings. The van der Waals surface area contributed by atoms with Gasteiger partial charge in [0.1, 0.15) is 0 Å². The van der Waals surface area contributed by atoms with Gasteiger partial charge >= 0.3 is 0 Å². The van der Waals surface area contributed by atoms with Crippen molar-refractivity contribution in [1.29, 1.82) is 0 Å². The lowest BCUT2D eigenvalue weighted by atomic mass is 10.1. The quantitative estimate of drug-likeness (QED) is 0.697. The van der Waals surface area contributed by atoms with Crippen LogP contribution in [0.1, 0.15) is 12.0 Å². The lowest BCUT2D eigenvalue weighted by molar-refractivity contribution is -0.122. The van der Waals surface area contributed by atoms with Gasteiger partial charge in [-0.15, -0.1) is 0 Å². The van der Waals surface area contributed by atoms with Gasteiger partial charge in [0.05, 0.1) is 6.04 Å². The van der Waals surface area contributed by atoms with E-state index >= 15 is 0 Å². The first-order valence-electron chi connectivity index (χ1n) is 6.31. The fourth-order valence-corrected chi connectivity index (χ4v) is 1.70. The van der Waals surface area contributed by atoms with E-state index in [9.17, 15) is 4.79 Å². The molecule has 0 bridgehead atoms. The van der Waals surface area contributed by atoms with Crippen LogP contribution in [-0.2, 0) is 11.2 Å². The van der Waals surface area contributed by atoms with E-state index in [1.165, 1.54) is 0 Å². The molecular weight excluding hydrogens is 226 g/mol. The van der Waals surface area contributed by atoms with Crippen LogP contribution >= 0.6 is 0 Å². The highest BCUT2D eigenvalue weighted by atomic mass is 16.2. The molecule has 1 amide bonds. The monoisotopic (exact) mass is 249 g/mol. The molecule has 18 heavy (non-hydrogen) atoms. The molecule has 0 unspecified atom stereocenters. The van der Waals surface area contributed by atoms with Gasteiger partial charge in [-0.05, 0) is 39.0 Å². The van der Waals surface area contributed by atoms with Crippen LogP contribution in [0.2, 0.25) is 0 Å². The number of carbonyl (C=O) groups excluding carboxylic acids is 1. The molecule has 0 aliphatic carbocycles. The van der Waals surface area contributed by atoms with E-state index < -0.39 is 6.04 Å². The Hall–Kier alpha value is -1.39. The largest absolute Gasteiger partial charge is 0.355 e. The Balaban J connectivity index is 2.25. The van der Waals surface area contributed by atoms with Gasteiger partial charge in [-0.25, -0.2) is 0 Å². The van der Waals surface area contributed by atoms with Crippen molar-refractivity contribution < 1.29 is 4.79 Å². The van der Waals surface area contributed by atoms with Crippen LogP contribution in [0.3, 0.4) is 0 Å². The third-order valence-corrected chi connectivity index (χ3v) is 2.72. The van der Waals surface area contributed by atoms with Crippen LogP contribution in [-0.4, -0.2) is 44.0 Å². The van der Waals surface area contributed by atoms with Crippen molar-refractivity contribution in [2.75, 3.05) is 27.2 Å². The summed E-state index contributed by atoms with van der Waals surface area (Å²) in [5.41, 5.74) is 6.96. The molecular formula is C14H23N3O. The predicted molar refractivity (Wildman–Crippen MR) is 74.3 cm³/mol. The molecule has 0 spiro atoms. The summed E-state index contributed by atoms with van der Waals surface area (Å²) in [6, 6.07) is 9.37. The van der Waals surface area contributed by atoms with Gasteiger partial charge in [0.2, 0.25) is 5.91 Å². The number of amides is 1. The minimum Gasteiger partial charge on any atom is -0.355 e. The van der Waals surface area contributed by atoms with E-state index in [0.717, 1.165) is 18.5 Å². The molecule has 0 aliphatic rings. The van der Waals surface area contributed by atoms with Crippen molar-refractivity contribution in [3.63, 3.8) is 0 Å². The summed E-state index contributed by atoms with van der Waals surface area (Å²) in [6.45, 7) is 1.65. The Morgan fingerprint density at radius 3 is 2.61 bits per heavy atom. The van der Waals surface area contributed by atoms with Gasteiger partial charge in [-0.3, -0.25) is 4.79 Å². The maximum atomic E-state index is 11.7. The number of hydrogen-bond donors (Lipinski definition) is 2. The number of nitrogens with one attached hydrogen (secondary N) is 1. The molecule has 0 saturated heterocycles. The highest BCUT2D eigenvalue weighted by Gasteiger charge is 2.12. The second-order valence-electron chi connectivity index (χ2n) is 4.74. The smallest absolute Gasteiger partial charge is 0.237 e. The zero-order valence-electron chi connectivity index (χ0n) is 11.2. The number of benzene rings is 1. The number of hydrogen-bond acceptors (Lipinski definition) is 3. The highest BCUT2D eigenvalue weighted by molar-refractivity contribution is 5.81. The summed E-state index contributed by atoms with van der Waals surface area (Å²) in [7, 11) is 4.03. The molecule has 3 N–H and O–H groups in total. The van der Waals surface area contributed by atoms with Crippen LogP contribution in [0.15, 0.2) is 30.3 Å². The Morgan fingerprint density at radius 1 is 1.33 bits per heavy atom. The van der Waals surface area contributed by atoms with E-state index in [4.69, 9.17) is 5.73 Å². The standard InChI is InChI=1S/C14H23N3O/c1-17(2)10-6-9-16-14(18)13(15)11-12-7-4-3-5-8-12/h3-5,7-8,13H,6,9-11,15H2,1-2H3,(H,16,18)/t13-/m1/s1. The maximum Gasteiger partial charge on any atom is 0.237 e. The first kappa shape index (κ1) is 14.7. The van der Waals surface area contributed by atoms with E-state index in [0.29, 0.717) is 13.0 Å². The van der Waals surface area contributed by atoms with Gasteiger partial charge in [0, 0.05) is 6.54 Å². The summed E-state index contributed by atoms with van der Waals surface area (Å²) in [5.74, 6) is -0.0717. The zero-order chi connectivity index (χ0) is 13.4. The molecule has 0 saturated carbocycles. The molecule has 1 atom stereocenters. The van der Waals surface area contributed by atoms with Crippen LogP contribution < -0.4 is 11.1 Å². The Morgan fingerprint density at radius 2 is 2.00 bits per heavy atom. The van der Waals surface area contributed by atoms with Crippen LogP contribution in [0.5, 0.6) is 0 Å².